The van der Waals surface area contributed by atoms with Gasteiger partial charge in [0, 0.05) is 24.3 Å². The smallest absolute Gasteiger partial charge is 0.253 e. The fourth-order valence-electron chi connectivity index (χ4n) is 1.91. The van der Waals surface area contributed by atoms with Crippen LogP contribution >= 0.6 is 0 Å². The average Bonchev–Trinajstić information content (AvgIpc) is 2.82. The summed E-state index contributed by atoms with van der Waals surface area (Å²) < 4.78 is 0. The number of likely N-dealkylation sites (tertiary alicyclic amines) is 1. The molecule has 1 heterocycles. The van der Waals surface area contributed by atoms with E-state index in [-0.39, 0.29) is 5.91 Å². The summed E-state index contributed by atoms with van der Waals surface area (Å²) in [6.07, 6.45) is 2.77. The summed E-state index contributed by atoms with van der Waals surface area (Å²) >= 11 is 0. The Kier molecular flexibility index (Phi) is 3.19. The average molecular weight is 218 g/mol. The Morgan fingerprint density at radius 1 is 1.31 bits per heavy atom. The highest BCUT2D eigenvalue weighted by Crippen LogP contribution is 2.15. The molecule has 2 rings (SSSR count). The van der Waals surface area contributed by atoms with Gasteiger partial charge in [0.1, 0.15) is 0 Å². The standard InChI is InChI=1S/C12H14N2O2/c15-9-13-11-5-3-4-10(8-11)12(16)14-6-1-2-7-14/h3-5,8-9H,1-2,6-7H2,(H,13,15). The lowest BCUT2D eigenvalue weighted by molar-refractivity contribution is -0.105. The summed E-state index contributed by atoms with van der Waals surface area (Å²) in [5.41, 5.74) is 1.29. The van der Waals surface area contributed by atoms with Gasteiger partial charge in [-0.15, -0.1) is 0 Å². The molecule has 84 valence electrons. The third-order valence-electron chi connectivity index (χ3n) is 2.73. The van der Waals surface area contributed by atoms with Gasteiger partial charge in [-0.25, -0.2) is 0 Å². The molecule has 1 aliphatic heterocycles. The number of nitrogens with zero attached hydrogens (tertiary/aromatic N) is 1. The summed E-state index contributed by atoms with van der Waals surface area (Å²) in [5.74, 6) is 0.0482. The zero-order valence-corrected chi connectivity index (χ0v) is 8.98. The Morgan fingerprint density at radius 3 is 2.75 bits per heavy atom. The summed E-state index contributed by atoms with van der Waals surface area (Å²) in [7, 11) is 0. The monoisotopic (exact) mass is 218 g/mol. The number of benzene rings is 1. The Labute approximate surface area is 94.2 Å². The van der Waals surface area contributed by atoms with Crippen molar-refractivity contribution in [3.63, 3.8) is 0 Å². The summed E-state index contributed by atoms with van der Waals surface area (Å²) in [6.45, 7) is 1.67. The fraction of sp³-hybridized carbons (Fsp3) is 0.333. The van der Waals surface area contributed by atoms with Crippen LogP contribution in [0.3, 0.4) is 0 Å². The lowest BCUT2D eigenvalue weighted by Crippen LogP contribution is -2.27. The van der Waals surface area contributed by atoms with Crippen LogP contribution in [0.2, 0.25) is 0 Å². The number of rotatable bonds is 3. The van der Waals surface area contributed by atoms with E-state index in [2.05, 4.69) is 5.32 Å². The van der Waals surface area contributed by atoms with E-state index in [1.54, 1.807) is 24.3 Å². The molecule has 1 N–H and O–H groups in total. The minimum atomic E-state index is 0.0482. The van der Waals surface area contributed by atoms with Crippen molar-refractivity contribution < 1.29 is 9.59 Å². The third kappa shape index (κ3) is 2.21. The maximum absolute atomic E-state index is 12.0. The first kappa shape index (κ1) is 10.7. The van der Waals surface area contributed by atoms with E-state index in [1.807, 2.05) is 4.90 Å². The third-order valence-corrected chi connectivity index (χ3v) is 2.73. The van der Waals surface area contributed by atoms with Crippen molar-refractivity contribution in [2.45, 2.75) is 12.8 Å². The number of nitrogens with one attached hydrogen (secondary N) is 1. The second-order valence-corrected chi connectivity index (χ2v) is 3.84. The molecule has 16 heavy (non-hydrogen) atoms. The molecule has 1 fully saturated rings. The van der Waals surface area contributed by atoms with Crippen LogP contribution in [-0.2, 0) is 4.79 Å². The molecule has 0 bridgehead atoms. The van der Waals surface area contributed by atoms with Gasteiger partial charge in [-0.1, -0.05) is 6.07 Å². The first-order valence-electron chi connectivity index (χ1n) is 5.41. The molecule has 0 atom stereocenters. The van der Waals surface area contributed by atoms with Crippen molar-refractivity contribution in [2.75, 3.05) is 18.4 Å². The summed E-state index contributed by atoms with van der Waals surface area (Å²) in [6, 6.07) is 7.01. The number of amides is 2. The molecular formula is C12H14N2O2. The SMILES string of the molecule is O=CNc1cccc(C(=O)N2CCCC2)c1. The highest BCUT2D eigenvalue weighted by atomic mass is 16.2. The molecule has 2 amide bonds. The predicted octanol–water partition coefficient (Wildman–Crippen LogP) is 1.49. The van der Waals surface area contributed by atoms with Gasteiger partial charge in [-0.2, -0.15) is 0 Å². The molecule has 0 saturated carbocycles. The molecule has 1 saturated heterocycles. The molecule has 0 unspecified atom stereocenters. The Morgan fingerprint density at radius 2 is 2.06 bits per heavy atom. The zero-order chi connectivity index (χ0) is 11.4. The number of hydrogen-bond acceptors (Lipinski definition) is 2. The zero-order valence-electron chi connectivity index (χ0n) is 8.98. The molecule has 0 radical (unpaired) electrons. The van der Waals surface area contributed by atoms with E-state index in [9.17, 15) is 9.59 Å². The number of hydrogen-bond donors (Lipinski definition) is 1. The quantitative estimate of drug-likeness (QED) is 0.781. The molecule has 0 aromatic heterocycles. The Bertz CT molecular complexity index is 398. The number of anilines is 1. The van der Waals surface area contributed by atoms with Gasteiger partial charge in [0.15, 0.2) is 0 Å². The second-order valence-electron chi connectivity index (χ2n) is 3.84. The first-order valence-corrected chi connectivity index (χ1v) is 5.41. The maximum Gasteiger partial charge on any atom is 0.253 e. The normalized spacial score (nSPS) is 14.9. The van der Waals surface area contributed by atoms with Crippen molar-refractivity contribution in [1.29, 1.82) is 0 Å². The lowest BCUT2D eigenvalue weighted by atomic mass is 10.2. The molecule has 1 aromatic rings. The first-order chi connectivity index (χ1) is 7.81. The van der Waals surface area contributed by atoms with Crippen molar-refractivity contribution in [2.24, 2.45) is 0 Å². The molecule has 0 aliphatic carbocycles. The van der Waals surface area contributed by atoms with Crippen LogP contribution in [0, 0.1) is 0 Å². The van der Waals surface area contributed by atoms with Crippen molar-refractivity contribution in [3.05, 3.63) is 29.8 Å². The fourth-order valence-corrected chi connectivity index (χ4v) is 1.91. The Hall–Kier alpha value is -1.84. The molecule has 4 nitrogen and oxygen atoms in total. The van der Waals surface area contributed by atoms with E-state index >= 15 is 0 Å². The van der Waals surface area contributed by atoms with Crippen LogP contribution in [0.1, 0.15) is 23.2 Å². The van der Waals surface area contributed by atoms with Crippen LogP contribution < -0.4 is 5.32 Å². The highest BCUT2D eigenvalue weighted by Gasteiger charge is 2.19. The van der Waals surface area contributed by atoms with Gasteiger partial charge >= 0.3 is 0 Å². The minimum Gasteiger partial charge on any atom is -0.339 e. The summed E-state index contributed by atoms with van der Waals surface area (Å²) in [4.78, 5) is 24.2. The van der Waals surface area contributed by atoms with E-state index < -0.39 is 0 Å². The van der Waals surface area contributed by atoms with Crippen LogP contribution in [0.5, 0.6) is 0 Å². The lowest BCUT2D eigenvalue weighted by Gasteiger charge is -2.15. The van der Waals surface area contributed by atoms with Crippen LogP contribution in [0.25, 0.3) is 0 Å². The topological polar surface area (TPSA) is 49.4 Å². The van der Waals surface area contributed by atoms with Crippen LogP contribution in [-0.4, -0.2) is 30.3 Å². The van der Waals surface area contributed by atoms with Crippen molar-refractivity contribution in [3.8, 4) is 0 Å². The van der Waals surface area contributed by atoms with Crippen molar-refractivity contribution >= 4 is 18.0 Å². The van der Waals surface area contributed by atoms with E-state index in [0.29, 0.717) is 17.7 Å². The number of carbonyl (C=O) groups is 2. The van der Waals surface area contributed by atoms with E-state index in [4.69, 9.17) is 0 Å². The van der Waals surface area contributed by atoms with Gasteiger partial charge in [0.25, 0.3) is 5.91 Å². The van der Waals surface area contributed by atoms with Gasteiger partial charge in [0.2, 0.25) is 6.41 Å². The molecule has 0 spiro atoms. The maximum atomic E-state index is 12.0. The van der Waals surface area contributed by atoms with E-state index in [1.165, 1.54) is 0 Å². The minimum absolute atomic E-state index is 0.0482. The van der Waals surface area contributed by atoms with Crippen molar-refractivity contribution in [1.82, 2.24) is 4.90 Å². The molecule has 1 aliphatic rings. The Balaban J connectivity index is 2.15. The van der Waals surface area contributed by atoms with Gasteiger partial charge in [-0.3, -0.25) is 9.59 Å². The van der Waals surface area contributed by atoms with Crippen LogP contribution in [0.15, 0.2) is 24.3 Å². The van der Waals surface area contributed by atoms with Gasteiger partial charge in [0.05, 0.1) is 0 Å². The van der Waals surface area contributed by atoms with Gasteiger partial charge < -0.3 is 10.2 Å². The largest absolute Gasteiger partial charge is 0.339 e. The van der Waals surface area contributed by atoms with Gasteiger partial charge in [-0.05, 0) is 31.0 Å². The molecular weight excluding hydrogens is 204 g/mol. The van der Waals surface area contributed by atoms with Crippen LogP contribution in [0.4, 0.5) is 5.69 Å². The molecule has 4 heteroatoms. The predicted molar refractivity (Wildman–Crippen MR) is 61.3 cm³/mol. The van der Waals surface area contributed by atoms with E-state index in [0.717, 1.165) is 25.9 Å². The number of carbonyl (C=O) groups excluding carboxylic acids is 2. The second kappa shape index (κ2) is 4.79. The summed E-state index contributed by atoms with van der Waals surface area (Å²) in [5, 5.41) is 2.54. The highest BCUT2D eigenvalue weighted by molar-refractivity contribution is 5.95. The molecule has 1 aromatic carbocycles.